The third-order valence-electron chi connectivity index (χ3n) is 4.11. The highest BCUT2D eigenvalue weighted by Gasteiger charge is 2.16. The van der Waals surface area contributed by atoms with Crippen LogP contribution in [0.25, 0.3) is 0 Å². The molecule has 0 saturated heterocycles. The summed E-state index contributed by atoms with van der Waals surface area (Å²) in [7, 11) is 0. The molecule has 0 radical (unpaired) electrons. The molecule has 9 heteroatoms. The Bertz CT molecular complexity index is 1160. The molecule has 0 aliphatic heterocycles. The molecule has 1 amide bonds. The van der Waals surface area contributed by atoms with Crippen LogP contribution in [0.3, 0.4) is 0 Å². The quantitative estimate of drug-likeness (QED) is 0.355. The van der Waals surface area contributed by atoms with Crippen molar-refractivity contribution in [1.29, 1.82) is 5.26 Å². The van der Waals surface area contributed by atoms with E-state index in [4.69, 9.17) is 14.4 Å². The minimum atomic E-state index is -0.626. The predicted octanol–water partition coefficient (Wildman–Crippen LogP) is 4.09. The van der Waals surface area contributed by atoms with E-state index in [9.17, 15) is 19.7 Å². The van der Waals surface area contributed by atoms with Gasteiger partial charge in [-0.05, 0) is 49.4 Å². The van der Waals surface area contributed by atoms with E-state index in [0.717, 1.165) is 6.07 Å². The average molecular weight is 405 g/mol. The van der Waals surface area contributed by atoms with Gasteiger partial charge in [-0.3, -0.25) is 19.7 Å². The number of benzene rings is 2. The van der Waals surface area contributed by atoms with E-state index >= 15 is 0 Å². The molecule has 0 aliphatic rings. The minimum Gasteiger partial charge on any atom is -0.486 e. The lowest BCUT2D eigenvalue weighted by atomic mass is 10.1. The first-order chi connectivity index (χ1) is 14.4. The first-order valence-corrected chi connectivity index (χ1v) is 8.70. The summed E-state index contributed by atoms with van der Waals surface area (Å²) >= 11 is 0. The number of hydrogen-bond donors (Lipinski definition) is 1. The summed E-state index contributed by atoms with van der Waals surface area (Å²) in [4.78, 5) is 33.8. The van der Waals surface area contributed by atoms with Crippen LogP contribution < -0.4 is 10.1 Å². The highest BCUT2D eigenvalue weighted by molar-refractivity contribution is 6.03. The summed E-state index contributed by atoms with van der Waals surface area (Å²) in [5.41, 5.74) is 0.412. The van der Waals surface area contributed by atoms with Crippen molar-refractivity contribution in [2.24, 2.45) is 0 Å². The van der Waals surface area contributed by atoms with Crippen molar-refractivity contribution in [2.75, 3.05) is 5.32 Å². The molecule has 0 saturated carbocycles. The molecule has 9 nitrogen and oxygen atoms in total. The molecule has 150 valence electrons. The Morgan fingerprint density at radius 3 is 2.53 bits per heavy atom. The largest absolute Gasteiger partial charge is 0.486 e. The number of anilines is 1. The summed E-state index contributed by atoms with van der Waals surface area (Å²) < 4.78 is 11.0. The SMILES string of the molecule is CC(=O)c1ccc(OCc2ccc(C(=O)Nc3ccc([N+](=O)[O-])cc3C#N)o2)cc1. The fourth-order valence-corrected chi connectivity index (χ4v) is 2.55. The molecule has 3 rings (SSSR count). The second-order valence-corrected chi connectivity index (χ2v) is 6.19. The fourth-order valence-electron chi connectivity index (χ4n) is 2.55. The maximum absolute atomic E-state index is 12.4. The summed E-state index contributed by atoms with van der Waals surface area (Å²) in [6.45, 7) is 1.54. The van der Waals surface area contributed by atoms with Gasteiger partial charge in [0.15, 0.2) is 11.5 Å². The van der Waals surface area contributed by atoms with Gasteiger partial charge >= 0.3 is 0 Å². The van der Waals surface area contributed by atoms with Gasteiger partial charge in [0.25, 0.3) is 11.6 Å². The van der Waals surface area contributed by atoms with Gasteiger partial charge in [0.2, 0.25) is 0 Å². The second-order valence-electron chi connectivity index (χ2n) is 6.19. The Kier molecular flexibility index (Phi) is 5.89. The van der Waals surface area contributed by atoms with Crippen LogP contribution in [-0.4, -0.2) is 16.6 Å². The zero-order chi connectivity index (χ0) is 21.7. The number of furan rings is 1. The van der Waals surface area contributed by atoms with Gasteiger partial charge in [-0.25, -0.2) is 0 Å². The number of carbonyl (C=O) groups is 2. The Labute approximate surface area is 170 Å². The number of nitro groups is 1. The van der Waals surface area contributed by atoms with Gasteiger partial charge in [-0.15, -0.1) is 0 Å². The highest BCUT2D eigenvalue weighted by atomic mass is 16.6. The van der Waals surface area contributed by atoms with E-state index in [-0.39, 0.29) is 35.1 Å². The van der Waals surface area contributed by atoms with Crippen molar-refractivity contribution in [2.45, 2.75) is 13.5 Å². The number of nitro benzene ring substituents is 1. The van der Waals surface area contributed by atoms with Gasteiger partial charge in [0.1, 0.15) is 24.2 Å². The molecule has 30 heavy (non-hydrogen) atoms. The molecule has 0 bridgehead atoms. The van der Waals surface area contributed by atoms with Gasteiger partial charge < -0.3 is 14.5 Å². The van der Waals surface area contributed by atoms with Crippen molar-refractivity contribution in [3.05, 3.63) is 87.4 Å². The van der Waals surface area contributed by atoms with E-state index in [2.05, 4.69) is 5.32 Å². The van der Waals surface area contributed by atoms with Crippen LogP contribution >= 0.6 is 0 Å². The monoisotopic (exact) mass is 405 g/mol. The standard InChI is InChI=1S/C21H15N3O6/c1-13(25)14-2-5-17(6-3-14)29-12-18-7-9-20(30-18)21(26)23-19-8-4-16(24(27)28)10-15(19)11-22/h2-10H,12H2,1H3,(H,23,26). The van der Waals surface area contributed by atoms with E-state index in [0.29, 0.717) is 17.1 Å². The number of non-ortho nitro benzene ring substituents is 1. The van der Waals surface area contributed by atoms with Gasteiger partial charge in [-0.1, -0.05) is 0 Å². The zero-order valence-corrected chi connectivity index (χ0v) is 15.7. The molecule has 1 N–H and O–H groups in total. The van der Waals surface area contributed by atoms with Crippen molar-refractivity contribution in [3.63, 3.8) is 0 Å². The normalized spacial score (nSPS) is 10.1. The number of Topliss-reactive ketones (excluding diaryl/α,β-unsaturated/α-hetero) is 1. The zero-order valence-electron chi connectivity index (χ0n) is 15.7. The van der Waals surface area contributed by atoms with Gasteiger partial charge in [0.05, 0.1) is 16.2 Å². The third kappa shape index (κ3) is 4.69. The lowest BCUT2D eigenvalue weighted by molar-refractivity contribution is -0.384. The molecular formula is C21H15N3O6. The minimum absolute atomic E-state index is 0.0113. The molecule has 3 aromatic rings. The van der Waals surface area contributed by atoms with Crippen LogP contribution in [0.15, 0.2) is 59.0 Å². The highest BCUT2D eigenvalue weighted by Crippen LogP contribution is 2.22. The summed E-state index contributed by atoms with van der Waals surface area (Å²) in [5.74, 6) is 0.253. The summed E-state index contributed by atoms with van der Waals surface area (Å²) in [6, 6.07) is 15.0. The average Bonchev–Trinajstić information content (AvgIpc) is 3.22. The Morgan fingerprint density at radius 1 is 1.17 bits per heavy atom. The van der Waals surface area contributed by atoms with Crippen LogP contribution in [0.5, 0.6) is 5.75 Å². The molecule has 0 aliphatic carbocycles. The molecule has 0 atom stereocenters. The Balaban J connectivity index is 1.64. The van der Waals surface area contributed by atoms with Crippen molar-refractivity contribution in [3.8, 4) is 11.8 Å². The number of ketones is 1. The van der Waals surface area contributed by atoms with Crippen molar-refractivity contribution < 1.29 is 23.7 Å². The molecule has 0 spiro atoms. The van der Waals surface area contributed by atoms with Crippen LogP contribution in [-0.2, 0) is 6.61 Å². The Hall–Kier alpha value is -4.45. The molecule has 1 aromatic heterocycles. The number of nitriles is 1. The maximum atomic E-state index is 12.4. The summed E-state index contributed by atoms with van der Waals surface area (Å²) in [5, 5.41) is 22.5. The van der Waals surface area contributed by atoms with E-state index < -0.39 is 10.8 Å². The number of amides is 1. The van der Waals surface area contributed by atoms with E-state index in [1.54, 1.807) is 30.3 Å². The van der Waals surface area contributed by atoms with Crippen LogP contribution in [0.1, 0.15) is 39.2 Å². The lowest BCUT2D eigenvalue weighted by Gasteiger charge is -2.06. The first-order valence-electron chi connectivity index (χ1n) is 8.70. The number of carbonyl (C=O) groups excluding carboxylic acids is 2. The lowest BCUT2D eigenvalue weighted by Crippen LogP contribution is -2.12. The number of hydrogen-bond acceptors (Lipinski definition) is 7. The fraction of sp³-hybridized carbons (Fsp3) is 0.0952. The van der Waals surface area contributed by atoms with Gasteiger partial charge in [0, 0.05) is 17.7 Å². The van der Waals surface area contributed by atoms with Crippen molar-refractivity contribution in [1.82, 2.24) is 0 Å². The van der Waals surface area contributed by atoms with E-state index in [1.807, 2.05) is 6.07 Å². The van der Waals surface area contributed by atoms with Gasteiger partial charge in [-0.2, -0.15) is 5.26 Å². The molecular weight excluding hydrogens is 390 g/mol. The third-order valence-corrected chi connectivity index (χ3v) is 4.11. The molecule has 2 aromatic carbocycles. The van der Waals surface area contributed by atoms with Crippen LogP contribution in [0, 0.1) is 21.4 Å². The number of rotatable bonds is 7. The topological polar surface area (TPSA) is 135 Å². The van der Waals surface area contributed by atoms with Crippen LogP contribution in [0.2, 0.25) is 0 Å². The maximum Gasteiger partial charge on any atom is 0.291 e. The van der Waals surface area contributed by atoms with Crippen molar-refractivity contribution >= 4 is 23.1 Å². The Morgan fingerprint density at radius 2 is 1.90 bits per heavy atom. The number of nitrogens with one attached hydrogen (secondary N) is 1. The molecule has 0 fully saturated rings. The summed E-state index contributed by atoms with van der Waals surface area (Å²) in [6.07, 6.45) is 0. The number of nitrogens with zero attached hydrogens (tertiary/aromatic N) is 2. The van der Waals surface area contributed by atoms with Crippen LogP contribution in [0.4, 0.5) is 11.4 Å². The second kappa shape index (κ2) is 8.70. The molecule has 0 unspecified atom stereocenters. The predicted molar refractivity (Wildman–Crippen MR) is 105 cm³/mol. The van der Waals surface area contributed by atoms with E-state index in [1.165, 1.54) is 25.1 Å². The smallest absolute Gasteiger partial charge is 0.291 e. The molecule has 1 heterocycles. The number of ether oxygens (including phenoxy) is 1. The first kappa shape index (κ1) is 20.3.